The van der Waals surface area contributed by atoms with Gasteiger partial charge in [0.2, 0.25) is 29.4 Å². The molecule has 0 fully saturated rings. The number of hydrogen-bond acceptors (Lipinski definition) is 7. The Morgan fingerprint density at radius 3 is 2.33 bits per heavy atom. The zero-order valence-electron chi connectivity index (χ0n) is 24.6. The maximum Gasteiger partial charge on any atom is 0.328 e. The van der Waals surface area contributed by atoms with Gasteiger partial charge in [-0.1, -0.05) is 24.3 Å². The number of amides is 4. The Morgan fingerprint density at radius 1 is 1.02 bits per heavy atom. The molecular weight excluding hydrogens is 544 g/mol. The fourth-order valence-corrected chi connectivity index (χ4v) is 4.61. The Morgan fingerprint density at radius 2 is 1.71 bits per heavy atom. The van der Waals surface area contributed by atoms with Crippen LogP contribution in [0.4, 0.5) is 0 Å². The average molecular weight is 585 g/mol. The number of esters is 1. The number of fused-ring (bicyclic) bond motifs is 1. The van der Waals surface area contributed by atoms with Crippen molar-refractivity contribution in [1.82, 2.24) is 20.9 Å². The summed E-state index contributed by atoms with van der Waals surface area (Å²) in [6.07, 6.45) is 1.33. The number of benzene rings is 1. The second-order valence-corrected chi connectivity index (χ2v) is 10.5. The smallest absolute Gasteiger partial charge is 0.328 e. The molecule has 0 saturated carbocycles. The van der Waals surface area contributed by atoms with E-state index in [1.165, 1.54) is 18.7 Å². The van der Waals surface area contributed by atoms with Crippen LogP contribution in [0.1, 0.15) is 70.9 Å². The fourth-order valence-electron chi connectivity index (χ4n) is 4.61. The van der Waals surface area contributed by atoms with Gasteiger partial charge in [-0.15, -0.1) is 0 Å². The minimum atomic E-state index is -1.20. The van der Waals surface area contributed by atoms with Crippen LogP contribution in [0.2, 0.25) is 0 Å². The predicted octanol–water partition coefficient (Wildman–Crippen LogP) is 0.837. The molecule has 3 unspecified atom stereocenters. The molecule has 228 valence electrons. The van der Waals surface area contributed by atoms with E-state index in [9.17, 15) is 28.8 Å². The summed E-state index contributed by atoms with van der Waals surface area (Å²) in [5.41, 5.74) is 10.5. The van der Waals surface area contributed by atoms with Gasteiger partial charge in [0.15, 0.2) is 0 Å². The number of ether oxygens (including phenoxy) is 1. The van der Waals surface area contributed by atoms with Crippen LogP contribution < -0.4 is 16.0 Å². The molecule has 3 N–H and O–H groups in total. The maximum absolute atomic E-state index is 13.6. The van der Waals surface area contributed by atoms with Gasteiger partial charge >= 0.3 is 12.2 Å². The van der Waals surface area contributed by atoms with E-state index in [-0.39, 0.29) is 44.0 Å². The van der Waals surface area contributed by atoms with Gasteiger partial charge in [-0.25, -0.2) is 4.79 Å². The van der Waals surface area contributed by atoms with Crippen molar-refractivity contribution in [3.8, 4) is 0 Å². The van der Waals surface area contributed by atoms with Gasteiger partial charge in [-0.3, -0.25) is 24.0 Å². The summed E-state index contributed by atoms with van der Waals surface area (Å²) in [6.45, 7) is 6.70. The molecule has 0 spiro atoms. The molecule has 1 aliphatic rings. The van der Waals surface area contributed by atoms with Gasteiger partial charge in [0.1, 0.15) is 18.1 Å². The molecule has 0 aliphatic carbocycles. The highest BCUT2D eigenvalue weighted by Gasteiger charge is 2.36. The molecular formula is C29H40N6O7. The SMILES string of the molecule is CC(=O)NCCCCC(NC(=O)C1Cc2ccccc2CN1C(C)=O)C(=O)NC(CCC(=O)C=[N+]=[N-])C(=O)OC(C)C. The first kappa shape index (κ1) is 33.8. The topological polar surface area (TPSA) is 187 Å². The van der Waals surface area contributed by atoms with Crippen LogP contribution in [0.25, 0.3) is 5.53 Å². The summed E-state index contributed by atoms with van der Waals surface area (Å²) < 4.78 is 5.25. The first-order valence-electron chi connectivity index (χ1n) is 14.0. The molecule has 1 aromatic rings. The number of unbranched alkanes of at least 4 members (excludes halogenated alkanes) is 1. The van der Waals surface area contributed by atoms with Crippen molar-refractivity contribution in [2.45, 2.75) is 97.0 Å². The highest BCUT2D eigenvalue weighted by molar-refractivity contribution is 6.25. The number of hydrogen-bond donors (Lipinski definition) is 3. The first-order chi connectivity index (χ1) is 19.9. The van der Waals surface area contributed by atoms with Crippen molar-refractivity contribution in [3.63, 3.8) is 0 Å². The second kappa shape index (κ2) is 16.8. The van der Waals surface area contributed by atoms with E-state index in [1.54, 1.807) is 13.8 Å². The van der Waals surface area contributed by atoms with Gasteiger partial charge in [-0.05, 0) is 50.7 Å². The van der Waals surface area contributed by atoms with Gasteiger partial charge in [-0.2, -0.15) is 4.79 Å². The van der Waals surface area contributed by atoms with Crippen LogP contribution in [0.5, 0.6) is 0 Å². The standard InChI is InChI=1S/C29H40N6O7/c1-18(2)42-29(41)25(13-12-23(38)16-32-30)34-27(39)24(11-7-8-14-31-19(3)36)33-28(40)26-15-21-9-5-6-10-22(21)17-35(26)20(4)37/h5-6,9-10,16,18,24-26H,7-8,11-15,17H2,1-4H3,(H,31,36)(H,33,40)(H,34,39). The molecule has 0 aromatic heterocycles. The first-order valence-corrected chi connectivity index (χ1v) is 14.0. The van der Waals surface area contributed by atoms with Gasteiger partial charge < -0.3 is 31.1 Å². The molecule has 3 atom stereocenters. The molecule has 0 saturated heterocycles. The third kappa shape index (κ3) is 10.9. The Bertz CT molecular complexity index is 1210. The number of ketones is 1. The lowest BCUT2D eigenvalue weighted by Crippen LogP contribution is -2.57. The zero-order chi connectivity index (χ0) is 31.2. The van der Waals surface area contributed by atoms with Gasteiger partial charge in [0.25, 0.3) is 0 Å². The minimum Gasteiger partial charge on any atom is -0.461 e. The highest BCUT2D eigenvalue weighted by Crippen LogP contribution is 2.24. The molecule has 1 aromatic carbocycles. The van der Waals surface area contributed by atoms with Crippen LogP contribution in [-0.4, -0.2) is 82.1 Å². The normalized spacial score (nSPS) is 15.4. The monoisotopic (exact) mass is 584 g/mol. The Hall–Kier alpha value is -4.38. The summed E-state index contributed by atoms with van der Waals surface area (Å²) in [4.78, 5) is 79.4. The molecule has 1 heterocycles. The number of Topliss-reactive ketones (excluding diaryl/α,β-unsaturated/α-hetero) is 1. The number of rotatable bonds is 15. The lowest BCUT2D eigenvalue weighted by atomic mass is 9.93. The van der Waals surface area contributed by atoms with Gasteiger partial charge in [0, 0.05) is 39.8 Å². The summed E-state index contributed by atoms with van der Waals surface area (Å²) in [7, 11) is 0. The third-order valence-electron chi connectivity index (χ3n) is 6.72. The van der Waals surface area contributed by atoms with Crippen LogP contribution in [0.3, 0.4) is 0 Å². The number of carbonyl (C=O) groups is 6. The van der Waals surface area contributed by atoms with Crippen molar-refractivity contribution < 1.29 is 38.3 Å². The minimum absolute atomic E-state index is 0.122. The summed E-state index contributed by atoms with van der Waals surface area (Å²) in [6, 6.07) is 4.39. The van der Waals surface area contributed by atoms with E-state index in [4.69, 9.17) is 10.3 Å². The average Bonchev–Trinajstić information content (AvgIpc) is 2.92. The zero-order valence-corrected chi connectivity index (χ0v) is 24.6. The quantitative estimate of drug-likeness (QED) is 0.0895. The van der Waals surface area contributed by atoms with E-state index in [0.29, 0.717) is 25.6 Å². The lowest BCUT2D eigenvalue weighted by Gasteiger charge is -2.36. The molecule has 1 aliphatic heterocycles. The van der Waals surface area contributed by atoms with Crippen LogP contribution in [-0.2, 0) is 46.5 Å². The van der Waals surface area contributed by atoms with Crippen LogP contribution in [0, 0.1) is 0 Å². The largest absolute Gasteiger partial charge is 0.461 e. The molecule has 0 bridgehead atoms. The van der Waals surface area contributed by atoms with E-state index < -0.39 is 47.8 Å². The van der Waals surface area contributed by atoms with E-state index >= 15 is 0 Å². The van der Waals surface area contributed by atoms with Crippen molar-refractivity contribution in [1.29, 1.82) is 0 Å². The molecule has 0 radical (unpaired) electrons. The number of carbonyl (C=O) groups excluding carboxylic acids is 6. The van der Waals surface area contributed by atoms with E-state index in [2.05, 4.69) is 20.7 Å². The Balaban J connectivity index is 2.24. The van der Waals surface area contributed by atoms with E-state index in [0.717, 1.165) is 11.1 Å². The van der Waals surface area contributed by atoms with Crippen molar-refractivity contribution >= 4 is 41.6 Å². The van der Waals surface area contributed by atoms with Crippen molar-refractivity contribution in [2.75, 3.05) is 6.54 Å². The van der Waals surface area contributed by atoms with Crippen molar-refractivity contribution in [3.05, 3.63) is 40.9 Å². The highest BCUT2D eigenvalue weighted by atomic mass is 16.5. The van der Waals surface area contributed by atoms with Crippen LogP contribution >= 0.6 is 0 Å². The second-order valence-electron chi connectivity index (χ2n) is 10.5. The van der Waals surface area contributed by atoms with Crippen molar-refractivity contribution in [2.24, 2.45) is 0 Å². The predicted molar refractivity (Wildman–Crippen MR) is 152 cm³/mol. The summed E-state index contributed by atoms with van der Waals surface area (Å²) in [5.74, 6) is -2.96. The number of nitrogens with one attached hydrogen (secondary N) is 3. The van der Waals surface area contributed by atoms with Crippen LogP contribution in [0.15, 0.2) is 24.3 Å². The fraction of sp³-hybridized carbons (Fsp3) is 0.552. The number of nitrogens with zero attached hydrogens (tertiary/aromatic N) is 3. The molecule has 13 nitrogen and oxygen atoms in total. The molecule has 13 heteroatoms. The Labute approximate surface area is 245 Å². The van der Waals surface area contributed by atoms with E-state index in [1.807, 2.05) is 24.3 Å². The Kier molecular flexibility index (Phi) is 13.5. The summed E-state index contributed by atoms with van der Waals surface area (Å²) in [5, 5.41) is 8.04. The molecule has 42 heavy (non-hydrogen) atoms. The molecule has 2 rings (SSSR count). The maximum atomic E-state index is 13.6. The van der Waals surface area contributed by atoms with Gasteiger partial charge in [0.05, 0.1) is 6.10 Å². The molecule has 4 amide bonds. The summed E-state index contributed by atoms with van der Waals surface area (Å²) >= 11 is 0. The lowest BCUT2D eigenvalue weighted by molar-refractivity contribution is -0.152. The third-order valence-corrected chi connectivity index (χ3v) is 6.72.